The largest absolute Gasteiger partial charge is 0.336 e. The van der Waals surface area contributed by atoms with Gasteiger partial charge < -0.3 is 15.2 Å². The third-order valence-electron chi connectivity index (χ3n) is 10.0. The molecular formula is C41H50FN7. The van der Waals surface area contributed by atoms with Crippen molar-refractivity contribution in [2.45, 2.75) is 65.2 Å². The lowest BCUT2D eigenvalue weighted by Gasteiger charge is -2.14. The van der Waals surface area contributed by atoms with Crippen molar-refractivity contribution in [2.75, 3.05) is 32.7 Å². The van der Waals surface area contributed by atoms with Gasteiger partial charge in [-0.1, -0.05) is 50.3 Å². The number of pyridine rings is 1. The van der Waals surface area contributed by atoms with Gasteiger partial charge in [0, 0.05) is 23.5 Å². The van der Waals surface area contributed by atoms with Crippen molar-refractivity contribution in [1.29, 1.82) is 0 Å². The van der Waals surface area contributed by atoms with Crippen LogP contribution in [-0.2, 0) is 6.42 Å². The number of aromatic amines is 2. The average Bonchev–Trinajstić information content (AvgIpc) is 3.93. The minimum atomic E-state index is -0.257. The highest BCUT2D eigenvalue weighted by Gasteiger charge is 2.17. The number of nitrogens with one attached hydrogen (secondary N) is 3. The van der Waals surface area contributed by atoms with E-state index in [1.165, 1.54) is 57.2 Å². The Hall–Kier alpha value is -4.40. The minimum absolute atomic E-state index is 0.257. The number of imidazole rings is 1. The summed E-state index contributed by atoms with van der Waals surface area (Å²) in [5, 5.41) is 12.9. The van der Waals surface area contributed by atoms with Crippen LogP contribution in [0.4, 0.5) is 4.39 Å². The van der Waals surface area contributed by atoms with Crippen LogP contribution in [0.15, 0.2) is 78.1 Å². The van der Waals surface area contributed by atoms with Crippen molar-refractivity contribution in [3.63, 3.8) is 0 Å². The monoisotopic (exact) mass is 659 g/mol. The topological polar surface area (TPSA) is 85.5 Å². The van der Waals surface area contributed by atoms with E-state index in [4.69, 9.17) is 4.98 Å². The van der Waals surface area contributed by atoms with Gasteiger partial charge in [-0.25, -0.2) is 9.37 Å². The molecular weight excluding hydrogens is 609 g/mol. The van der Waals surface area contributed by atoms with E-state index >= 15 is 0 Å². The molecule has 3 N–H and O–H groups in total. The summed E-state index contributed by atoms with van der Waals surface area (Å²) < 4.78 is 14.8. The van der Waals surface area contributed by atoms with Gasteiger partial charge >= 0.3 is 0 Å². The van der Waals surface area contributed by atoms with Crippen LogP contribution in [0, 0.1) is 11.7 Å². The third-order valence-corrected chi connectivity index (χ3v) is 10.0. The first-order valence-electron chi connectivity index (χ1n) is 17.9. The minimum Gasteiger partial charge on any atom is -0.336 e. The van der Waals surface area contributed by atoms with Gasteiger partial charge in [-0.2, -0.15) is 5.10 Å². The summed E-state index contributed by atoms with van der Waals surface area (Å²) in [6, 6.07) is 7.11. The van der Waals surface area contributed by atoms with Gasteiger partial charge in [-0.3, -0.25) is 10.1 Å². The second-order valence-electron chi connectivity index (χ2n) is 13.6. The van der Waals surface area contributed by atoms with Crippen LogP contribution in [0.2, 0.25) is 0 Å². The molecule has 0 unspecified atom stereocenters. The van der Waals surface area contributed by atoms with Crippen LogP contribution in [0.3, 0.4) is 0 Å². The summed E-state index contributed by atoms with van der Waals surface area (Å²) in [6.07, 6.45) is 21.9. The first-order chi connectivity index (χ1) is 23.9. The summed E-state index contributed by atoms with van der Waals surface area (Å²) in [5.41, 5.74) is 7.91. The summed E-state index contributed by atoms with van der Waals surface area (Å²) in [6.45, 7) is 17.8. The van der Waals surface area contributed by atoms with Crippen molar-refractivity contribution in [1.82, 2.24) is 35.4 Å². The van der Waals surface area contributed by atoms with E-state index in [1.807, 2.05) is 24.3 Å². The van der Waals surface area contributed by atoms with E-state index in [2.05, 4.69) is 75.6 Å². The van der Waals surface area contributed by atoms with Gasteiger partial charge in [0.25, 0.3) is 0 Å². The second kappa shape index (κ2) is 16.3. The highest BCUT2D eigenvalue weighted by Crippen LogP contribution is 2.29. The van der Waals surface area contributed by atoms with Gasteiger partial charge in [0.2, 0.25) is 0 Å². The van der Waals surface area contributed by atoms with E-state index in [0.29, 0.717) is 22.7 Å². The molecule has 2 aliphatic rings. The van der Waals surface area contributed by atoms with Crippen molar-refractivity contribution in [3.8, 4) is 22.8 Å². The third kappa shape index (κ3) is 8.61. The Kier molecular flexibility index (Phi) is 11.5. The first-order valence-corrected chi connectivity index (χ1v) is 17.9. The smallest absolute Gasteiger partial charge is 0.159 e. The molecule has 6 rings (SSSR count). The standard InChI is InChI=1S/C41H50FN7/c1-5-30(26-43-27-31-12-7-8-13-31)22-33(6-2)28(3)15-16-36-29(4)38(48-47-36)41-45-37-17-18-44-39(40(37)46-41)34-23-32(24-35(42)25-34)14-11-21-49-19-9-10-20-49/h5-6,15-18,22-25,31,43,47H,1,4,7-14,19-21,26-27H2,2-3H3,(H,45,46)/b28-15+,30-22+,33-6+,36-16+. The molecule has 256 valence electrons. The zero-order valence-electron chi connectivity index (χ0n) is 29.1. The fourth-order valence-electron chi connectivity index (χ4n) is 7.16. The fourth-order valence-corrected chi connectivity index (χ4v) is 7.16. The average molecular weight is 660 g/mol. The normalized spacial score (nSPS) is 17.2. The van der Waals surface area contributed by atoms with E-state index in [-0.39, 0.29) is 5.82 Å². The lowest BCUT2D eigenvalue weighted by Crippen LogP contribution is -2.23. The molecule has 0 bridgehead atoms. The number of aromatic nitrogens is 5. The van der Waals surface area contributed by atoms with E-state index in [0.717, 1.165) is 76.8 Å². The highest BCUT2D eigenvalue weighted by molar-refractivity contribution is 5.91. The number of rotatable bonds is 14. The Labute approximate surface area is 289 Å². The number of H-pyrrole nitrogens is 2. The van der Waals surface area contributed by atoms with E-state index in [1.54, 1.807) is 18.3 Å². The van der Waals surface area contributed by atoms with Gasteiger partial charge in [0.1, 0.15) is 17.0 Å². The maximum Gasteiger partial charge on any atom is 0.159 e. The van der Waals surface area contributed by atoms with Gasteiger partial charge in [0.15, 0.2) is 5.82 Å². The molecule has 8 heteroatoms. The number of likely N-dealkylation sites (tertiary alicyclic amines) is 1. The Morgan fingerprint density at radius 2 is 1.94 bits per heavy atom. The van der Waals surface area contributed by atoms with Crippen LogP contribution in [0.25, 0.3) is 46.5 Å². The molecule has 2 fully saturated rings. The maximum atomic E-state index is 14.8. The fraction of sp³-hybridized carbons (Fsp3) is 0.390. The van der Waals surface area contributed by atoms with Crippen molar-refractivity contribution in [2.24, 2.45) is 5.92 Å². The molecule has 3 aromatic heterocycles. The zero-order valence-corrected chi connectivity index (χ0v) is 29.1. The molecule has 1 aliphatic carbocycles. The molecule has 4 aromatic rings. The molecule has 1 aromatic carbocycles. The SMILES string of the molecule is C=C\C(=C/C(=C\C)C(/C)=C/C=c1/[nH]nc(-c2nc3c(-c4cc(F)cc(CCCN5CCCC5)c4)nccc3[nH]2)c1=C)CNCC1CCCC1. The number of hydrogen-bond acceptors (Lipinski definition) is 5. The number of hydrogen-bond donors (Lipinski definition) is 3. The highest BCUT2D eigenvalue weighted by atomic mass is 19.1. The summed E-state index contributed by atoms with van der Waals surface area (Å²) in [4.78, 5) is 15.4. The van der Waals surface area contributed by atoms with Gasteiger partial charge in [0.05, 0.1) is 16.6 Å². The van der Waals surface area contributed by atoms with Crippen LogP contribution in [0.5, 0.6) is 0 Å². The molecule has 0 radical (unpaired) electrons. The van der Waals surface area contributed by atoms with E-state index in [9.17, 15) is 4.39 Å². The molecule has 0 spiro atoms. The lowest BCUT2D eigenvalue weighted by molar-refractivity contribution is 0.334. The predicted molar refractivity (Wildman–Crippen MR) is 201 cm³/mol. The van der Waals surface area contributed by atoms with Gasteiger partial charge in [-0.05, 0) is 137 Å². The molecule has 49 heavy (non-hydrogen) atoms. The summed E-state index contributed by atoms with van der Waals surface area (Å²) >= 11 is 0. The number of nitrogens with zero attached hydrogens (tertiary/aromatic N) is 4. The molecule has 4 heterocycles. The molecule has 1 aliphatic heterocycles. The number of allylic oxidation sites excluding steroid dienone is 5. The lowest BCUT2D eigenvalue weighted by atomic mass is 10.0. The molecule has 0 amide bonds. The summed E-state index contributed by atoms with van der Waals surface area (Å²) in [7, 11) is 0. The Morgan fingerprint density at radius 1 is 1.12 bits per heavy atom. The maximum absolute atomic E-state index is 14.8. The first kappa shape index (κ1) is 34.5. The van der Waals surface area contributed by atoms with Crippen LogP contribution in [0.1, 0.15) is 64.4 Å². The Bertz CT molecular complexity index is 1970. The van der Waals surface area contributed by atoms with Crippen LogP contribution < -0.4 is 15.9 Å². The molecule has 0 atom stereocenters. The van der Waals surface area contributed by atoms with Crippen LogP contribution in [-0.4, -0.2) is 62.8 Å². The predicted octanol–water partition coefficient (Wildman–Crippen LogP) is 7.16. The quantitative estimate of drug-likeness (QED) is 0.125. The second-order valence-corrected chi connectivity index (χ2v) is 13.6. The van der Waals surface area contributed by atoms with Gasteiger partial charge in [-0.15, -0.1) is 0 Å². The summed E-state index contributed by atoms with van der Waals surface area (Å²) in [5.74, 6) is 1.14. The molecule has 1 saturated heterocycles. The molecule has 7 nitrogen and oxygen atoms in total. The number of fused-ring (bicyclic) bond motifs is 1. The van der Waals surface area contributed by atoms with Crippen molar-refractivity contribution >= 4 is 23.7 Å². The van der Waals surface area contributed by atoms with Crippen molar-refractivity contribution < 1.29 is 4.39 Å². The Morgan fingerprint density at radius 3 is 2.71 bits per heavy atom. The number of aryl methyl sites for hydroxylation is 1. The zero-order chi connectivity index (χ0) is 34.2. The number of benzene rings is 1. The molecule has 1 saturated carbocycles. The van der Waals surface area contributed by atoms with Crippen molar-refractivity contribution in [3.05, 3.63) is 100 Å². The number of halogens is 1. The van der Waals surface area contributed by atoms with Crippen LogP contribution >= 0.6 is 0 Å². The van der Waals surface area contributed by atoms with E-state index < -0.39 is 0 Å². The Balaban J connectivity index is 1.19.